The zero-order valence-corrected chi connectivity index (χ0v) is 21.1. The van der Waals surface area contributed by atoms with Crippen molar-refractivity contribution < 1.29 is 4.39 Å². The summed E-state index contributed by atoms with van der Waals surface area (Å²) in [5.41, 5.74) is 7.24. The first-order valence-electron chi connectivity index (χ1n) is 11.8. The molecule has 0 bridgehead atoms. The maximum Gasteiger partial charge on any atom is 0.157 e. The maximum atomic E-state index is 15.3. The zero-order chi connectivity index (χ0) is 25.4. The van der Waals surface area contributed by atoms with E-state index in [0.29, 0.717) is 5.56 Å². The molecule has 0 spiro atoms. The quantitative estimate of drug-likeness (QED) is 0.433. The Kier molecular flexibility index (Phi) is 6.11. The number of nitriles is 1. The summed E-state index contributed by atoms with van der Waals surface area (Å²) < 4.78 is 15.3. The van der Waals surface area contributed by atoms with E-state index in [9.17, 15) is 5.26 Å². The molecule has 1 N–H and O–H groups in total. The lowest BCUT2D eigenvalue weighted by Gasteiger charge is -2.31. The van der Waals surface area contributed by atoms with Gasteiger partial charge in [0.05, 0.1) is 17.3 Å². The van der Waals surface area contributed by atoms with Gasteiger partial charge in [-0.1, -0.05) is 95.3 Å². The van der Waals surface area contributed by atoms with Crippen molar-refractivity contribution >= 4 is 5.70 Å². The summed E-state index contributed by atoms with van der Waals surface area (Å²) >= 11 is 0. The van der Waals surface area contributed by atoms with Crippen LogP contribution in [-0.2, 0) is 16.4 Å². The molecule has 4 rings (SSSR count). The number of nitrogens with zero attached hydrogens (tertiary/aromatic N) is 3. The smallest absolute Gasteiger partial charge is 0.157 e. The first-order valence-corrected chi connectivity index (χ1v) is 11.8. The van der Waals surface area contributed by atoms with Crippen molar-refractivity contribution in [2.24, 2.45) is 10.3 Å². The summed E-state index contributed by atoms with van der Waals surface area (Å²) in [6, 6.07) is 22.8. The Morgan fingerprint density at radius 1 is 0.829 bits per heavy atom. The Balaban J connectivity index is 1.91. The average molecular weight is 467 g/mol. The van der Waals surface area contributed by atoms with Crippen LogP contribution >= 0.6 is 0 Å². The summed E-state index contributed by atoms with van der Waals surface area (Å²) in [5.74, 6) is -0.441. The van der Waals surface area contributed by atoms with E-state index >= 15 is 4.39 Å². The van der Waals surface area contributed by atoms with Crippen LogP contribution < -0.4 is 5.43 Å². The molecule has 0 fully saturated rings. The molecule has 0 saturated heterocycles. The molecule has 0 saturated carbocycles. The van der Waals surface area contributed by atoms with Gasteiger partial charge in [-0.3, -0.25) is 5.43 Å². The fourth-order valence-electron chi connectivity index (χ4n) is 4.26. The number of hydrogen-bond donors (Lipinski definition) is 1. The lowest BCUT2D eigenvalue weighted by atomic mass is 9.79. The summed E-state index contributed by atoms with van der Waals surface area (Å²) in [7, 11) is 0. The minimum atomic E-state index is -1.23. The predicted octanol–water partition coefficient (Wildman–Crippen LogP) is 7.55. The molecule has 0 radical (unpaired) electrons. The molecular weight excluding hydrogens is 435 g/mol. The first-order chi connectivity index (χ1) is 16.4. The Morgan fingerprint density at radius 2 is 1.40 bits per heavy atom. The van der Waals surface area contributed by atoms with Crippen molar-refractivity contribution in [2.45, 2.75) is 57.9 Å². The van der Waals surface area contributed by atoms with Crippen LogP contribution in [-0.4, -0.2) is 0 Å². The number of rotatable bonds is 3. The van der Waals surface area contributed by atoms with E-state index in [1.54, 1.807) is 6.07 Å². The maximum absolute atomic E-state index is 15.3. The molecule has 0 aromatic heterocycles. The minimum Gasteiger partial charge on any atom is -0.260 e. The average Bonchev–Trinajstić information content (AvgIpc) is 2.83. The van der Waals surface area contributed by atoms with Gasteiger partial charge in [-0.15, -0.1) is 5.11 Å². The standard InChI is InChI=1S/C30H31FN4/c1-28(2,3)22-10-8-21(9-11-22)27-18-30(34-35-33-27,25-17-20(19-32)7-16-26(25)31)24-14-12-23(13-15-24)29(4,5)6/h7-18H,1-6H3,(H,33,34). The summed E-state index contributed by atoms with van der Waals surface area (Å²) in [6.07, 6.45) is 1.90. The summed E-state index contributed by atoms with van der Waals surface area (Å²) in [6.45, 7) is 13.0. The fourth-order valence-corrected chi connectivity index (χ4v) is 4.26. The third-order valence-electron chi connectivity index (χ3n) is 6.49. The Bertz CT molecular complexity index is 1330. The first kappa shape index (κ1) is 24.3. The van der Waals surface area contributed by atoms with Crippen LogP contribution in [0.3, 0.4) is 0 Å². The van der Waals surface area contributed by atoms with E-state index in [-0.39, 0.29) is 16.4 Å². The molecule has 1 aliphatic rings. The Labute approximate surface area is 207 Å². The van der Waals surface area contributed by atoms with Crippen LogP contribution in [0, 0.1) is 17.1 Å². The Hall–Kier alpha value is -3.78. The van der Waals surface area contributed by atoms with Crippen molar-refractivity contribution in [1.29, 1.82) is 5.26 Å². The molecular formula is C30H31FN4. The number of nitrogens with one attached hydrogen (secondary N) is 1. The third kappa shape index (κ3) is 4.74. The summed E-state index contributed by atoms with van der Waals surface area (Å²) in [4.78, 5) is 0. The summed E-state index contributed by atoms with van der Waals surface area (Å²) in [5, 5.41) is 18.3. The highest BCUT2D eigenvalue weighted by Gasteiger charge is 2.38. The van der Waals surface area contributed by atoms with E-state index < -0.39 is 11.4 Å². The molecule has 5 heteroatoms. The molecule has 1 unspecified atom stereocenters. The molecule has 3 aromatic rings. The molecule has 35 heavy (non-hydrogen) atoms. The molecule has 4 nitrogen and oxygen atoms in total. The van der Waals surface area contributed by atoms with Gasteiger partial charge in [0.15, 0.2) is 5.54 Å². The monoisotopic (exact) mass is 466 g/mol. The second-order valence-corrected chi connectivity index (χ2v) is 11.1. The van der Waals surface area contributed by atoms with E-state index in [1.807, 2.05) is 42.5 Å². The van der Waals surface area contributed by atoms with Crippen LogP contribution in [0.15, 0.2) is 83.1 Å². The van der Waals surface area contributed by atoms with Gasteiger partial charge in [-0.25, -0.2) is 4.39 Å². The molecule has 0 amide bonds. The Morgan fingerprint density at radius 3 is 1.94 bits per heavy atom. The van der Waals surface area contributed by atoms with Crippen LogP contribution in [0.4, 0.5) is 4.39 Å². The van der Waals surface area contributed by atoms with Crippen molar-refractivity contribution in [1.82, 2.24) is 5.43 Å². The van der Waals surface area contributed by atoms with Gasteiger partial charge in [0.2, 0.25) is 0 Å². The number of halogens is 1. The highest BCUT2D eigenvalue weighted by atomic mass is 19.1. The van der Waals surface area contributed by atoms with Gasteiger partial charge < -0.3 is 0 Å². The second kappa shape index (κ2) is 8.78. The van der Waals surface area contributed by atoms with E-state index in [1.165, 1.54) is 17.7 Å². The van der Waals surface area contributed by atoms with Gasteiger partial charge in [0.1, 0.15) is 5.82 Å². The van der Waals surface area contributed by atoms with Crippen molar-refractivity contribution in [2.75, 3.05) is 0 Å². The lowest BCUT2D eigenvalue weighted by Crippen LogP contribution is -2.29. The molecule has 1 aliphatic heterocycles. The fraction of sp³-hybridized carbons (Fsp3) is 0.300. The van der Waals surface area contributed by atoms with Crippen LogP contribution in [0.5, 0.6) is 0 Å². The molecule has 178 valence electrons. The highest BCUT2D eigenvalue weighted by Crippen LogP contribution is 2.42. The topological polar surface area (TPSA) is 60.5 Å². The van der Waals surface area contributed by atoms with Crippen LogP contribution in [0.1, 0.15) is 74.9 Å². The lowest BCUT2D eigenvalue weighted by molar-refractivity contribution is 0.527. The van der Waals surface area contributed by atoms with E-state index in [0.717, 1.165) is 22.4 Å². The molecule has 3 aromatic carbocycles. The molecule has 1 heterocycles. The van der Waals surface area contributed by atoms with Crippen LogP contribution in [0.2, 0.25) is 0 Å². The van der Waals surface area contributed by atoms with Crippen molar-refractivity contribution in [3.63, 3.8) is 0 Å². The highest BCUT2D eigenvalue weighted by molar-refractivity contribution is 5.68. The van der Waals surface area contributed by atoms with Gasteiger partial charge in [-0.05, 0) is 57.4 Å². The van der Waals surface area contributed by atoms with E-state index in [2.05, 4.69) is 75.5 Å². The number of benzene rings is 3. The van der Waals surface area contributed by atoms with Crippen LogP contribution in [0.25, 0.3) is 5.70 Å². The predicted molar refractivity (Wildman–Crippen MR) is 138 cm³/mol. The SMILES string of the molecule is CC(C)(C)c1ccc(C2=CC(c3ccc(C(C)(C)C)cc3)(c3cc(C#N)ccc3F)N=NN2)cc1. The molecule has 0 aliphatic carbocycles. The van der Waals surface area contributed by atoms with Crippen molar-refractivity contribution in [3.05, 3.63) is 112 Å². The van der Waals surface area contributed by atoms with Gasteiger partial charge in [0, 0.05) is 5.56 Å². The normalized spacial score (nSPS) is 17.9. The zero-order valence-electron chi connectivity index (χ0n) is 21.1. The van der Waals surface area contributed by atoms with E-state index in [4.69, 9.17) is 0 Å². The van der Waals surface area contributed by atoms with Gasteiger partial charge >= 0.3 is 0 Å². The van der Waals surface area contributed by atoms with Crippen molar-refractivity contribution in [3.8, 4) is 6.07 Å². The second-order valence-electron chi connectivity index (χ2n) is 11.1. The minimum absolute atomic E-state index is 0.0247. The van der Waals surface area contributed by atoms with Gasteiger partial charge in [-0.2, -0.15) is 5.26 Å². The largest absolute Gasteiger partial charge is 0.260 e. The number of hydrogen-bond acceptors (Lipinski definition) is 4. The molecule has 1 atom stereocenters. The van der Waals surface area contributed by atoms with Gasteiger partial charge in [0.25, 0.3) is 0 Å². The third-order valence-corrected chi connectivity index (χ3v) is 6.49.